The highest BCUT2D eigenvalue weighted by Gasteiger charge is 2.05. The van der Waals surface area contributed by atoms with E-state index in [1.807, 2.05) is 19.9 Å². The number of alkyl halides is 1. The van der Waals surface area contributed by atoms with Crippen molar-refractivity contribution in [2.45, 2.75) is 38.4 Å². The van der Waals surface area contributed by atoms with Crippen molar-refractivity contribution < 1.29 is 0 Å². The lowest BCUT2D eigenvalue weighted by Crippen LogP contribution is -2.06. The molecule has 72 valence electrons. The van der Waals surface area contributed by atoms with Crippen LogP contribution in [0.4, 0.5) is 0 Å². The van der Waals surface area contributed by atoms with Gasteiger partial charge in [-0.05, 0) is 26.3 Å². The summed E-state index contributed by atoms with van der Waals surface area (Å²) in [7, 11) is 0. The van der Waals surface area contributed by atoms with Gasteiger partial charge < -0.3 is 0 Å². The second-order valence-corrected chi connectivity index (χ2v) is 4.57. The molecule has 13 heavy (non-hydrogen) atoms. The molecule has 0 saturated heterocycles. The van der Waals surface area contributed by atoms with Gasteiger partial charge in [0, 0.05) is 22.6 Å². The molecule has 1 aromatic heterocycles. The highest BCUT2D eigenvalue weighted by Crippen LogP contribution is 2.10. The molecule has 0 aliphatic rings. The van der Waals surface area contributed by atoms with E-state index in [-0.39, 0.29) is 0 Å². The predicted octanol–water partition coefficient (Wildman–Crippen LogP) is 2.81. The number of nitrogens with zero attached hydrogens (tertiary/aromatic N) is 2. The Hall–Kier alpha value is -0.440. The Kier molecular flexibility index (Phi) is 3.85. The van der Waals surface area contributed by atoms with Crippen molar-refractivity contribution in [2.75, 3.05) is 0 Å². The van der Waals surface area contributed by atoms with Gasteiger partial charge >= 0.3 is 0 Å². The topological polar surface area (TPSA) is 25.8 Å². The maximum absolute atomic E-state index is 4.38. The van der Waals surface area contributed by atoms with Gasteiger partial charge in [-0.1, -0.05) is 22.9 Å². The summed E-state index contributed by atoms with van der Waals surface area (Å²) in [6, 6.07) is 2.00. The van der Waals surface area contributed by atoms with E-state index in [2.05, 4.69) is 32.8 Å². The van der Waals surface area contributed by atoms with Crippen LogP contribution in [0.3, 0.4) is 0 Å². The predicted molar refractivity (Wildman–Crippen MR) is 58.2 cm³/mol. The first-order valence-corrected chi connectivity index (χ1v) is 5.48. The molecule has 0 aliphatic carbocycles. The van der Waals surface area contributed by atoms with E-state index in [0.29, 0.717) is 4.83 Å². The second kappa shape index (κ2) is 4.70. The summed E-state index contributed by atoms with van der Waals surface area (Å²) in [5, 5.41) is 0. The molecule has 3 heteroatoms. The average Bonchev–Trinajstić information content (AvgIpc) is 2.02. The van der Waals surface area contributed by atoms with Gasteiger partial charge in [0.1, 0.15) is 5.82 Å². The van der Waals surface area contributed by atoms with Gasteiger partial charge in [0.15, 0.2) is 0 Å². The fraction of sp³-hybridized carbons (Fsp3) is 0.600. The Labute approximate surface area is 87.9 Å². The lowest BCUT2D eigenvalue weighted by Gasteiger charge is -2.06. The van der Waals surface area contributed by atoms with Crippen molar-refractivity contribution in [3.8, 4) is 0 Å². The van der Waals surface area contributed by atoms with Crippen LogP contribution in [0.1, 0.15) is 30.6 Å². The summed E-state index contributed by atoms with van der Waals surface area (Å²) in [4.78, 5) is 9.26. The third-order valence-electron chi connectivity index (χ3n) is 1.88. The Bertz CT molecular complexity index is 266. The van der Waals surface area contributed by atoms with Crippen molar-refractivity contribution in [3.63, 3.8) is 0 Å². The maximum Gasteiger partial charge on any atom is 0.129 e. The van der Waals surface area contributed by atoms with Crippen LogP contribution in [-0.2, 0) is 6.42 Å². The summed E-state index contributed by atoms with van der Waals surface area (Å²) in [5.41, 5.74) is 2.11. The van der Waals surface area contributed by atoms with Crippen molar-refractivity contribution in [2.24, 2.45) is 0 Å². The maximum atomic E-state index is 4.38. The molecule has 0 amide bonds. The highest BCUT2D eigenvalue weighted by atomic mass is 79.9. The van der Waals surface area contributed by atoms with Crippen molar-refractivity contribution in [1.82, 2.24) is 9.97 Å². The lowest BCUT2D eigenvalue weighted by atomic mass is 10.2. The molecule has 0 saturated carbocycles. The Balaban J connectivity index is 2.77. The van der Waals surface area contributed by atoms with Gasteiger partial charge in [-0.3, -0.25) is 0 Å². The van der Waals surface area contributed by atoms with Crippen LogP contribution in [0.15, 0.2) is 6.07 Å². The number of aryl methyl sites for hydroxylation is 2. The van der Waals surface area contributed by atoms with Crippen LogP contribution in [-0.4, -0.2) is 14.8 Å². The molecule has 1 atom stereocenters. The van der Waals surface area contributed by atoms with Crippen LogP contribution < -0.4 is 0 Å². The normalized spacial score (nSPS) is 12.9. The summed E-state index contributed by atoms with van der Waals surface area (Å²) in [5.74, 6) is 0.946. The molecule has 1 unspecified atom stereocenters. The summed E-state index contributed by atoms with van der Waals surface area (Å²) in [6.45, 7) is 6.17. The van der Waals surface area contributed by atoms with Gasteiger partial charge in [-0.15, -0.1) is 0 Å². The largest absolute Gasteiger partial charge is 0.238 e. The number of hydrogen-bond donors (Lipinski definition) is 0. The van der Waals surface area contributed by atoms with Gasteiger partial charge in [-0.25, -0.2) is 9.97 Å². The van der Waals surface area contributed by atoms with Crippen LogP contribution in [0.5, 0.6) is 0 Å². The van der Waals surface area contributed by atoms with Crippen LogP contribution in [0.25, 0.3) is 0 Å². The standard InChI is InChI=1S/C10H15BrN2/c1-4-9(11)6-10-12-7(2)5-8(3)13-10/h5,9H,4,6H2,1-3H3. The third-order valence-corrected chi connectivity index (χ3v) is 2.85. The number of aromatic nitrogens is 2. The zero-order valence-corrected chi connectivity index (χ0v) is 9.93. The molecule has 0 aliphatic heterocycles. The molecule has 0 fully saturated rings. The molecule has 1 heterocycles. The zero-order valence-electron chi connectivity index (χ0n) is 8.34. The molecule has 1 rings (SSSR count). The van der Waals surface area contributed by atoms with E-state index in [0.717, 1.165) is 30.1 Å². The fourth-order valence-electron chi connectivity index (χ4n) is 1.23. The minimum Gasteiger partial charge on any atom is -0.238 e. The highest BCUT2D eigenvalue weighted by molar-refractivity contribution is 9.09. The third kappa shape index (κ3) is 3.43. The van der Waals surface area contributed by atoms with Crippen LogP contribution in [0.2, 0.25) is 0 Å². The van der Waals surface area contributed by atoms with Crippen molar-refractivity contribution in [1.29, 1.82) is 0 Å². The molecule has 0 spiro atoms. The molecule has 0 N–H and O–H groups in total. The van der Waals surface area contributed by atoms with Gasteiger partial charge in [0.05, 0.1) is 0 Å². The smallest absolute Gasteiger partial charge is 0.129 e. The minimum absolute atomic E-state index is 0.494. The van der Waals surface area contributed by atoms with Gasteiger partial charge in [0.2, 0.25) is 0 Å². The summed E-state index contributed by atoms with van der Waals surface area (Å²) >= 11 is 3.58. The molecule has 0 radical (unpaired) electrons. The monoisotopic (exact) mass is 242 g/mol. The van der Waals surface area contributed by atoms with E-state index in [4.69, 9.17) is 0 Å². The molecule has 1 aromatic rings. The molecular formula is C10H15BrN2. The van der Waals surface area contributed by atoms with Crippen LogP contribution >= 0.6 is 15.9 Å². The van der Waals surface area contributed by atoms with Crippen LogP contribution in [0, 0.1) is 13.8 Å². The van der Waals surface area contributed by atoms with Crippen molar-refractivity contribution >= 4 is 15.9 Å². The Morgan fingerprint density at radius 1 is 1.31 bits per heavy atom. The SMILES string of the molecule is CCC(Br)Cc1nc(C)cc(C)n1. The molecule has 2 nitrogen and oxygen atoms in total. The molecule has 0 bridgehead atoms. The van der Waals surface area contributed by atoms with E-state index < -0.39 is 0 Å². The molecular weight excluding hydrogens is 228 g/mol. The second-order valence-electron chi connectivity index (χ2n) is 3.28. The number of hydrogen-bond acceptors (Lipinski definition) is 2. The van der Waals surface area contributed by atoms with Gasteiger partial charge in [0.25, 0.3) is 0 Å². The first-order chi connectivity index (χ1) is 6.11. The fourth-order valence-corrected chi connectivity index (χ4v) is 1.52. The van der Waals surface area contributed by atoms with E-state index in [1.54, 1.807) is 0 Å². The Morgan fingerprint density at radius 2 is 1.85 bits per heavy atom. The minimum atomic E-state index is 0.494. The van der Waals surface area contributed by atoms with Gasteiger partial charge in [-0.2, -0.15) is 0 Å². The summed E-state index contributed by atoms with van der Waals surface area (Å²) in [6.07, 6.45) is 2.02. The number of rotatable bonds is 3. The average molecular weight is 243 g/mol. The number of halogens is 1. The lowest BCUT2D eigenvalue weighted by molar-refractivity contribution is 0.770. The van der Waals surface area contributed by atoms with Crippen molar-refractivity contribution in [3.05, 3.63) is 23.3 Å². The van der Waals surface area contributed by atoms with E-state index in [1.165, 1.54) is 0 Å². The first kappa shape index (κ1) is 10.6. The quantitative estimate of drug-likeness (QED) is 0.763. The Morgan fingerprint density at radius 3 is 2.31 bits per heavy atom. The van der Waals surface area contributed by atoms with E-state index >= 15 is 0 Å². The van der Waals surface area contributed by atoms with E-state index in [9.17, 15) is 0 Å². The summed E-state index contributed by atoms with van der Waals surface area (Å²) < 4.78 is 0. The molecule has 0 aromatic carbocycles. The first-order valence-electron chi connectivity index (χ1n) is 4.57. The zero-order chi connectivity index (χ0) is 9.84.